The molecule has 0 aliphatic heterocycles. The Morgan fingerprint density at radius 2 is 2.15 bits per heavy atom. The largest absolute Gasteiger partial charge is 0.354 e. The molecule has 2 aromatic rings. The molecule has 106 valence electrons. The Kier molecular flexibility index (Phi) is 4.89. The molecule has 0 spiro atoms. The number of anilines is 3. The Balaban J connectivity index is 2.20. The first-order valence-corrected chi connectivity index (χ1v) is 7.19. The monoisotopic (exact) mass is 338 g/mol. The number of halogens is 2. The highest BCUT2D eigenvalue weighted by atomic mass is 79.9. The van der Waals surface area contributed by atoms with Gasteiger partial charge in [-0.3, -0.25) is 0 Å². The van der Waals surface area contributed by atoms with Crippen molar-refractivity contribution in [3.05, 3.63) is 40.2 Å². The van der Waals surface area contributed by atoms with Crippen molar-refractivity contribution in [2.75, 3.05) is 17.2 Å². The fourth-order valence-electron chi connectivity index (χ4n) is 1.58. The van der Waals surface area contributed by atoms with Gasteiger partial charge >= 0.3 is 0 Å². The lowest BCUT2D eigenvalue weighted by atomic mass is 10.2. The first-order valence-electron chi connectivity index (χ1n) is 6.39. The lowest BCUT2D eigenvalue weighted by Crippen LogP contribution is -2.07. The topological polar surface area (TPSA) is 49.8 Å². The van der Waals surface area contributed by atoms with Crippen LogP contribution in [0.5, 0.6) is 0 Å². The average molecular weight is 339 g/mol. The molecule has 6 heteroatoms. The highest BCUT2D eigenvalue weighted by molar-refractivity contribution is 9.10. The van der Waals surface area contributed by atoms with Crippen LogP contribution in [0.15, 0.2) is 28.9 Å². The minimum atomic E-state index is -0.483. The van der Waals surface area contributed by atoms with E-state index >= 15 is 0 Å². The van der Waals surface area contributed by atoms with Crippen LogP contribution in [0.2, 0.25) is 0 Å². The van der Waals surface area contributed by atoms with E-state index in [1.54, 1.807) is 0 Å². The quantitative estimate of drug-likeness (QED) is 0.855. The van der Waals surface area contributed by atoms with Gasteiger partial charge in [0.25, 0.3) is 0 Å². The number of aromatic nitrogens is 2. The SMILES string of the molecule is CCCNc1ncc(F)c(Nc2ccc(C)c(Br)c2)n1. The normalized spacial score (nSPS) is 10.4. The molecule has 0 aliphatic carbocycles. The molecule has 0 amide bonds. The van der Waals surface area contributed by atoms with Crippen LogP contribution in [-0.2, 0) is 0 Å². The van der Waals surface area contributed by atoms with Crippen molar-refractivity contribution in [2.45, 2.75) is 20.3 Å². The Bertz CT molecular complexity index is 604. The maximum Gasteiger partial charge on any atom is 0.224 e. The van der Waals surface area contributed by atoms with E-state index in [0.717, 1.165) is 34.9 Å². The van der Waals surface area contributed by atoms with Crippen LogP contribution >= 0.6 is 15.9 Å². The van der Waals surface area contributed by atoms with Crippen molar-refractivity contribution >= 4 is 33.4 Å². The fraction of sp³-hybridized carbons (Fsp3) is 0.286. The predicted molar refractivity (Wildman–Crippen MR) is 82.9 cm³/mol. The van der Waals surface area contributed by atoms with Gasteiger partial charge in [0.15, 0.2) is 11.6 Å². The van der Waals surface area contributed by atoms with Crippen molar-refractivity contribution in [1.29, 1.82) is 0 Å². The second kappa shape index (κ2) is 6.65. The Morgan fingerprint density at radius 3 is 2.85 bits per heavy atom. The van der Waals surface area contributed by atoms with E-state index in [4.69, 9.17) is 0 Å². The standard InChI is InChI=1S/C14H16BrFN4/c1-3-6-17-14-18-8-12(16)13(20-14)19-10-5-4-9(2)11(15)7-10/h4-5,7-8H,3,6H2,1-2H3,(H2,17,18,19,20). The highest BCUT2D eigenvalue weighted by Gasteiger charge is 2.07. The number of aryl methyl sites for hydroxylation is 1. The summed E-state index contributed by atoms with van der Waals surface area (Å²) < 4.78 is 14.7. The van der Waals surface area contributed by atoms with E-state index in [-0.39, 0.29) is 5.82 Å². The molecule has 0 saturated carbocycles. The zero-order valence-corrected chi connectivity index (χ0v) is 13.0. The second-order valence-electron chi connectivity index (χ2n) is 4.41. The highest BCUT2D eigenvalue weighted by Crippen LogP contribution is 2.24. The van der Waals surface area contributed by atoms with Gasteiger partial charge in [0.05, 0.1) is 6.20 Å². The molecule has 0 atom stereocenters. The van der Waals surface area contributed by atoms with E-state index in [2.05, 4.69) is 36.5 Å². The molecule has 0 radical (unpaired) electrons. The zero-order valence-electron chi connectivity index (χ0n) is 11.4. The Labute approximate surface area is 126 Å². The van der Waals surface area contributed by atoms with Crippen LogP contribution in [0, 0.1) is 12.7 Å². The Morgan fingerprint density at radius 1 is 1.35 bits per heavy atom. The zero-order chi connectivity index (χ0) is 14.5. The van der Waals surface area contributed by atoms with Gasteiger partial charge in [-0.1, -0.05) is 28.9 Å². The predicted octanol–water partition coefficient (Wildman–Crippen LogP) is 4.25. The van der Waals surface area contributed by atoms with E-state index in [1.807, 2.05) is 32.0 Å². The summed E-state index contributed by atoms with van der Waals surface area (Å²) in [6.45, 7) is 4.78. The van der Waals surface area contributed by atoms with Crippen LogP contribution < -0.4 is 10.6 Å². The molecule has 0 fully saturated rings. The van der Waals surface area contributed by atoms with Crippen molar-refractivity contribution < 1.29 is 4.39 Å². The molecule has 0 unspecified atom stereocenters. The summed E-state index contributed by atoms with van der Waals surface area (Å²) in [5.74, 6) is 0.0972. The third-order valence-electron chi connectivity index (χ3n) is 2.71. The maximum atomic E-state index is 13.7. The summed E-state index contributed by atoms with van der Waals surface area (Å²) in [4.78, 5) is 8.04. The smallest absolute Gasteiger partial charge is 0.224 e. The molecule has 2 N–H and O–H groups in total. The van der Waals surface area contributed by atoms with E-state index < -0.39 is 5.82 Å². The Hall–Kier alpha value is -1.69. The summed E-state index contributed by atoms with van der Waals surface area (Å²) in [5, 5.41) is 5.99. The van der Waals surface area contributed by atoms with Crippen molar-refractivity contribution in [2.24, 2.45) is 0 Å². The molecule has 0 aliphatic rings. The van der Waals surface area contributed by atoms with Crippen molar-refractivity contribution in [3.63, 3.8) is 0 Å². The summed E-state index contributed by atoms with van der Waals surface area (Å²) in [5.41, 5.74) is 1.88. The molecule has 4 nitrogen and oxygen atoms in total. The summed E-state index contributed by atoms with van der Waals surface area (Å²) in [6, 6.07) is 5.71. The molecular weight excluding hydrogens is 323 g/mol. The van der Waals surface area contributed by atoms with Crippen LogP contribution in [0.4, 0.5) is 21.8 Å². The molecular formula is C14H16BrFN4. The first-order chi connectivity index (χ1) is 9.60. The van der Waals surface area contributed by atoms with Crippen molar-refractivity contribution in [3.8, 4) is 0 Å². The van der Waals surface area contributed by atoms with E-state index in [1.165, 1.54) is 0 Å². The van der Waals surface area contributed by atoms with Gasteiger partial charge in [-0.05, 0) is 31.0 Å². The van der Waals surface area contributed by atoms with Gasteiger partial charge in [0.2, 0.25) is 5.95 Å². The summed E-state index contributed by atoms with van der Waals surface area (Å²) in [7, 11) is 0. The van der Waals surface area contributed by atoms with Gasteiger partial charge < -0.3 is 10.6 Å². The molecule has 1 heterocycles. The molecule has 2 rings (SSSR count). The van der Waals surface area contributed by atoms with Gasteiger partial charge in [-0.15, -0.1) is 0 Å². The third-order valence-corrected chi connectivity index (χ3v) is 3.57. The average Bonchev–Trinajstić information content (AvgIpc) is 2.44. The molecule has 1 aromatic heterocycles. The molecule has 0 saturated heterocycles. The first kappa shape index (κ1) is 14.7. The summed E-state index contributed by atoms with van der Waals surface area (Å²) >= 11 is 3.45. The second-order valence-corrected chi connectivity index (χ2v) is 5.26. The third kappa shape index (κ3) is 3.66. The lowest BCUT2D eigenvalue weighted by Gasteiger charge is -2.10. The number of nitrogens with one attached hydrogen (secondary N) is 2. The minimum Gasteiger partial charge on any atom is -0.354 e. The molecule has 0 bridgehead atoms. The number of hydrogen-bond acceptors (Lipinski definition) is 4. The van der Waals surface area contributed by atoms with Gasteiger partial charge in [0.1, 0.15) is 0 Å². The van der Waals surface area contributed by atoms with Crippen LogP contribution in [0.3, 0.4) is 0 Å². The van der Waals surface area contributed by atoms with Crippen molar-refractivity contribution in [1.82, 2.24) is 9.97 Å². The molecule has 20 heavy (non-hydrogen) atoms. The van der Waals surface area contributed by atoms with Gasteiger partial charge in [0, 0.05) is 16.7 Å². The summed E-state index contributed by atoms with van der Waals surface area (Å²) in [6.07, 6.45) is 2.12. The van der Waals surface area contributed by atoms with Gasteiger partial charge in [-0.2, -0.15) is 4.98 Å². The number of rotatable bonds is 5. The van der Waals surface area contributed by atoms with E-state index in [9.17, 15) is 4.39 Å². The van der Waals surface area contributed by atoms with Crippen LogP contribution in [-0.4, -0.2) is 16.5 Å². The van der Waals surface area contributed by atoms with Crippen LogP contribution in [0.25, 0.3) is 0 Å². The van der Waals surface area contributed by atoms with Gasteiger partial charge in [-0.25, -0.2) is 9.37 Å². The number of hydrogen-bond donors (Lipinski definition) is 2. The number of nitrogens with zero attached hydrogens (tertiary/aromatic N) is 2. The van der Waals surface area contributed by atoms with E-state index in [0.29, 0.717) is 5.95 Å². The van der Waals surface area contributed by atoms with Crippen LogP contribution in [0.1, 0.15) is 18.9 Å². The lowest BCUT2D eigenvalue weighted by molar-refractivity contribution is 0.619. The minimum absolute atomic E-state index is 0.161. The molecule has 1 aromatic carbocycles. The maximum absolute atomic E-state index is 13.7. The fourth-order valence-corrected chi connectivity index (χ4v) is 1.96. The number of benzene rings is 1.